The fourth-order valence-corrected chi connectivity index (χ4v) is 3.76. The molecule has 0 aliphatic carbocycles. The molecule has 2 unspecified atom stereocenters. The van der Waals surface area contributed by atoms with Gasteiger partial charge in [0.25, 0.3) is 0 Å². The van der Waals surface area contributed by atoms with E-state index in [-0.39, 0.29) is 12.7 Å². The van der Waals surface area contributed by atoms with Gasteiger partial charge < -0.3 is 14.6 Å². The van der Waals surface area contributed by atoms with Gasteiger partial charge in [0, 0.05) is 17.7 Å². The normalized spacial score (nSPS) is 25.8. The van der Waals surface area contributed by atoms with E-state index in [2.05, 4.69) is 10.1 Å². The lowest BCUT2D eigenvalue weighted by molar-refractivity contribution is -0.149. The first-order valence-electron chi connectivity index (χ1n) is 9.23. The Labute approximate surface area is 174 Å². The minimum Gasteiger partial charge on any atom is -0.462 e. The number of aliphatic hydroxyl groups is 1. The summed E-state index contributed by atoms with van der Waals surface area (Å²) in [6.07, 6.45) is -1.19. The molecule has 0 amide bonds. The summed E-state index contributed by atoms with van der Waals surface area (Å²) in [5.74, 6) is -0.968. The first-order valence-corrected chi connectivity index (χ1v) is 10.8. The van der Waals surface area contributed by atoms with E-state index in [1.54, 1.807) is 33.9 Å². The lowest BCUT2D eigenvalue weighted by Crippen LogP contribution is -2.33. The molecule has 0 bridgehead atoms. The van der Waals surface area contributed by atoms with E-state index >= 15 is 0 Å². The molecular weight excluding hydrogens is 421 g/mol. The van der Waals surface area contributed by atoms with Gasteiger partial charge in [-0.25, -0.2) is 4.79 Å². The third kappa shape index (κ3) is 6.00. The standard InChI is InChI=1S/C17H26N3O7PS/c1-8(2)26-16(22)11(5)19-28(24)25-7-12-13(21)10(4)15(27-12)20-6-9(3)14(29)18-17(20)23/h6,8,10-13,15,21H,7H2,1-5H3,(H-,18,19,23,24,29)/p+1/t10-,11+,12+,13?,15+/m1/s1. The fourth-order valence-electron chi connectivity index (χ4n) is 2.85. The zero-order chi connectivity index (χ0) is 21.9. The molecule has 29 heavy (non-hydrogen) atoms. The summed E-state index contributed by atoms with van der Waals surface area (Å²) in [7, 11) is -2.39. The van der Waals surface area contributed by atoms with Crippen LogP contribution < -0.4 is 10.8 Å². The predicted octanol–water partition coefficient (Wildman–Crippen LogP) is 1.71. The summed E-state index contributed by atoms with van der Waals surface area (Å²) < 4.78 is 29.8. The zero-order valence-corrected chi connectivity index (χ0v) is 18.7. The summed E-state index contributed by atoms with van der Waals surface area (Å²) in [4.78, 5) is 26.5. The van der Waals surface area contributed by atoms with Crippen LogP contribution in [0, 0.1) is 17.5 Å². The largest absolute Gasteiger partial charge is 0.613 e. The smallest absolute Gasteiger partial charge is 0.462 e. The van der Waals surface area contributed by atoms with Crippen molar-refractivity contribution in [3.63, 3.8) is 0 Å². The number of rotatable bonds is 8. The van der Waals surface area contributed by atoms with Crippen LogP contribution in [-0.4, -0.2) is 51.6 Å². The van der Waals surface area contributed by atoms with Gasteiger partial charge in [0.15, 0.2) is 0 Å². The quantitative estimate of drug-likeness (QED) is 0.309. The number of H-pyrrole nitrogens is 1. The van der Waals surface area contributed by atoms with Crippen molar-refractivity contribution in [1.82, 2.24) is 14.6 Å². The number of nitrogens with one attached hydrogen (secondary N) is 2. The van der Waals surface area contributed by atoms with Gasteiger partial charge in [0.05, 0.1) is 12.2 Å². The second-order valence-electron chi connectivity index (χ2n) is 7.28. The van der Waals surface area contributed by atoms with E-state index in [1.807, 2.05) is 0 Å². The molecule has 6 atom stereocenters. The third-order valence-corrected chi connectivity index (χ3v) is 5.87. The number of ether oxygens (including phenoxy) is 2. The Morgan fingerprint density at radius 1 is 1.48 bits per heavy atom. The molecular formula is C17H27N3O7PS+. The number of carbonyl (C=O) groups is 1. The lowest BCUT2D eigenvalue weighted by Gasteiger charge is -2.18. The average molecular weight is 448 g/mol. The molecule has 1 aromatic heterocycles. The number of aryl methyl sites for hydroxylation is 1. The molecule has 1 aliphatic heterocycles. The Bertz CT molecular complexity index is 871. The molecule has 0 radical (unpaired) electrons. The molecule has 1 aromatic rings. The van der Waals surface area contributed by atoms with Crippen molar-refractivity contribution in [3.05, 3.63) is 26.9 Å². The van der Waals surface area contributed by atoms with E-state index in [9.17, 15) is 19.3 Å². The van der Waals surface area contributed by atoms with Crippen LogP contribution in [0.25, 0.3) is 0 Å². The SMILES string of the molecule is Cc1cn([C@H]2O[C@@H](CO[P+](=O)N[C@@H](C)C(=O)OC(C)C)C(O)[C@H]2C)c(=O)[nH]c1=S. The molecule has 0 spiro atoms. The molecule has 3 N–H and O–H groups in total. The van der Waals surface area contributed by atoms with Gasteiger partial charge in [-0.15, -0.1) is 4.52 Å². The molecule has 2 rings (SSSR count). The fraction of sp³-hybridized carbons (Fsp3) is 0.706. The highest BCUT2D eigenvalue weighted by Crippen LogP contribution is 2.35. The Morgan fingerprint density at radius 3 is 2.76 bits per heavy atom. The molecule has 162 valence electrons. The van der Waals surface area contributed by atoms with Gasteiger partial charge >= 0.3 is 19.8 Å². The Morgan fingerprint density at radius 2 is 2.14 bits per heavy atom. The van der Waals surface area contributed by atoms with Crippen molar-refractivity contribution < 1.29 is 28.5 Å². The summed E-state index contributed by atoms with van der Waals surface area (Å²) in [5.41, 5.74) is 0.246. The number of hydrogen-bond acceptors (Lipinski definition) is 8. The maximum atomic E-state index is 12.2. The number of nitrogens with zero attached hydrogens (tertiary/aromatic N) is 1. The molecule has 1 fully saturated rings. The summed E-state index contributed by atoms with van der Waals surface area (Å²) in [6.45, 7) is 8.24. The van der Waals surface area contributed by atoms with Crippen LogP contribution in [0.5, 0.6) is 0 Å². The number of esters is 1. The van der Waals surface area contributed by atoms with E-state index in [4.69, 9.17) is 26.2 Å². The van der Waals surface area contributed by atoms with Crippen molar-refractivity contribution in [3.8, 4) is 0 Å². The minimum atomic E-state index is -2.39. The zero-order valence-electron chi connectivity index (χ0n) is 16.9. The van der Waals surface area contributed by atoms with Crippen LogP contribution in [0.2, 0.25) is 0 Å². The number of aromatic amines is 1. The second kappa shape index (κ2) is 10.0. The van der Waals surface area contributed by atoms with Gasteiger partial charge in [-0.1, -0.05) is 24.2 Å². The van der Waals surface area contributed by atoms with Crippen LogP contribution in [0.4, 0.5) is 0 Å². The number of aromatic nitrogens is 2. The minimum absolute atomic E-state index is 0.188. The summed E-state index contributed by atoms with van der Waals surface area (Å²) >= 11 is 5.05. The molecule has 0 saturated carbocycles. The number of carbonyl (C=O) groups excluding carboxylic acids is 1. The topological polar surface area (TPSA) is 132 Å². The van der Waals surface area contributed by atoms with E-state index < -0.39 is 50.2 Å². The van der Waals surface area contributed by atoms with Gasteiger partial charge in [0.1, 0.15) is 29.6 Å². The van der Waals surface area contributed by atoms with Crippen molar-refractivity contribution in [2.24, 2.45) is 5.92 Å². The van der Waals surface area contributed by atoms with E-state index in [0.717, 1.165) is 0 Å². The van der Waals surface area contributed by atoms with Crippen LogP contribution >= 0.6 is 20.4 Å². The number of aliphatic hydroxyl groups excluding tert-OH is 1. The van der Waals surface area contributed by atoms with Crippen LogP contribution in [0.15, 0.2) is 11.0 Å². The van der Waals surface area contributed by atoms with Gasteiger partial charge in [-0.05, 0) is 32.3 Å². The molecule has 0 aromatic carbocycles. The Balaban J connectivity index is 1.97. The lowest BCUT2D eigenvalue weighted by atomic mass is 10.0. The first kappa shape index (κ1) is 23.8. The highest BCUT2D eigenvalue weighted by molar-refractivity contribution is 7.71. The van der Waals surface area contributed by atoms with Crippen LogP contribution in [0.3, 0.4) is 0 Å². The van der Waals surface area contributed by atoms with Crippen LogP contribution in [0.1, 0.15) is 39.5 Å². The van der Waals surface area contributed by atoms with Crippen molar-refractivity contribution in [2.45, 2.75) is 65.2 Å². The number of hydrogen-bond donors (Lipinski definition) is 3. The van der Waals surface area contributed by atoms with E-state index in [0.29, 0.717) is 10.2 Å². The Kier molecular flexibility index (Phi) is 8.21. The predicted molar refractivity (Wildman–Crippen MR) is 107 cm³/mol. The first-order chi connectivity index (χ1) is 13.5. The van der Waals surface area contributed by atoms with Gasteiger partial charge in [-0.3, -0.25) is 14.3 Å². The highest BCUT2D eigenvalue weighted by atomic mass is 32.1. The molecule has 1 saturated heterocycles. The third-order valence-electron chi connectivity index (χ3n) is 4.46. The van der Waals surface area contributed by atoms with E-state index in [1.165, 1.54) is 11.5 Å². The van der Waals surface area contributed by atoms with Crippen LogP contribution in [-0.2, 0) is 23.4 Å². The Hall–Kier alpha value is -1.49. The van der Waals surface area contributed by atoms with Gasteiger partial charge in [-0.2, -0.15) is 0 Å². The van der Waals surface area contributed by atoms with Crippen molar-refractivity contribution in [2.75, 3.05) is 6.61 Å². The van der Waals surface area contributed by atoms with Crippen molar-refractivity contribution >= 4 is 26.4 Å². The molecule has 12 heteroatoms. The van der Waals surface area contributed by atoms with Crippen molar-refractivity contribution in [1.29, 1.82) is 0 Å². The molecule has 1 aliphatic rings. The molecule has 2 heterocycles. The summed E-state index contributed by atoms with van der Waals surface area (Å²) in [6, 6.07) is -0.823. The maximum Gasteiger partial charge on any atom is 0.613 e. The highest BCUT2D eigenvalue weighted by Gasteiger charge is 2.44. The second-order valence-corrected chi connectivity index (χ2v) is 8.72. The monoisotopic (exact) mass is 448 g/mol. The molecule has 10 nitrogen and oxygen atoms in total. The maximum absolute atomic E-state index is 12.2. The average Bonchev–Trinajstić information content (AvgIpc) is 2.90. The van der Waals surface area contributed by atoms with Gasteiger partial charge in [0.2, 0.25) is 0 Å². The summed E-state index contributed by atoms with van der Waals surface area (Å²) in [5, 5.41) is 12.9.